The number of aliphatic hydroxyl groups excluding tert-OH is 1. The second-order valence-corrected chi connectivity index (χ2v) is 18.8. The predicted octanol–water partition coefficient (Wildman–Crippen LogP) is 1.06. The van der Waals surface area contributed by atoms with Crippen LogP contribution < -0.4 is 79.2 Å². The van der Waals surface area contributed by atoms with Crippen molar-refractivity contribution in [3.05, 3.63) is 337 Å². The third-order valence-electron chi connectivity index (χ3n) is 12.5. The van der Waals surface area contributed by atoms with Crippen LogP contribution in [0.15, 0.2) is 268 Å². The summed E-state index contributed by atoms with van der Waals surface area (Å²) in [6, 6.07) is 58.7. The highest BCUT2D eigenvalue weighted by Gasteiger charge is 2.09. The molecule has 0 aliphatic heterocycles. The summed E-state index contributed by atoms with van der Waals surface area (Å²) in [7, 11) is 1.30. The molecule has 1 N–H and O–H groups in total. The van der Waals surface area contributed by atoms with Crippen molar-refractivity contribution in [1.29, 1.82) is 0 Å². The van der Waals surface area contributed by atoms with Gasteiger partial charge in [-0.15, -0.1) is 53.8 Å². The molecule has 0 spiro atoms. The number of ether oxygens (including phenoxy) is 1. The fraction of sp³-hybridized carbons (Fsp3) is 0.0556. The summed E-state index contributed by atoms with van der Waals surface area (Å²) >= 11 is 5.69. The summed E-state index contributed by atoms with van der Waals surface area (Å²) < 4.78 is 81.4. The molecular formula is C72H59Cl10F6N7O4-6. The van der Waals surface area contributed by atoms with Gasteiger partial charge >= 0.3 is 5.97 Å². The first-order chi connectivity index (χ1) is 43.2. The van der Waals surface area contributed by atoms with Crippen LogP contribution in [0, 0.1) is 46.7 Å². The predicted molar refractivity (Wildman–Crippen MR) is 361 cm³/mol. The Morgan fingerprint density at radius 3 is 1.03 bits per heavy atom. The van der Waals surface area contributed by atoms with Gasteiger partial charge in [-0.3, -0.25) is 15.0 Å². The maximum absolute atomic E-state index is 12.8. The van der Waals surface area contributed by atoms with Crippen LogP contribution >= 0.6 is 48.8 Å². The summed E-state index contributed by atoms with van der Waals surface area (Å²) in [5.74, 6) is -1.28. The van der Waals surface area contributed by atoms with Gasteiger partial charge in [-0.1, -0.05) is 86.8 Å². The molecule has 99 heavy (non-hydrogen) atoms. The second-order valence-electron chi connectivity index (χ2n) is 18.5. The Bertz CT molecular complexity index is 4080. The van der Waals surface area contributed by atoms with Crippen molar-refractivity contribution in [2.45, 2.75) is 19.9 Å². The number of halogens is 16. The minimum atomic E-state index is -0.492. The zero-order valence-corrected chi connectivity index (χ0v) is 58.5. The quantitative estimate of drug-likeness (QED) is 0.0562. The molecule has 6 heterocycles. The molecule has 12 aromatic rings. The van der Waals surface area contributed by atoms with Gasteiger partial charge in [0.25, 0.3) is 5.82 Å². The van der Waals surface area contributed by atoms with Gasteiger partial charge in [0.2, 0.25) is 0 Å². The third-order valence-corrected chi connectivity index (χ3v) is 12.8. The second kappa shape index (κ2) is 51.6. The van der Waals surface area contributed by atoms with E-state index in [-0.39, 0.29) is 166 Å². The van der Waals surface area contributed by atoms with Crippen molar-refractivity contribution in [3.8, 4) is 66.8 Å². The van der Waals surface area contributed by atoms with Crippen LogP contribution in [-0.2, 0) is 17.2 Å². The molecule has 0 atom stereocenters. The summed E-state index contributed by atoms with van der Waals surface area (Å²) in [5.41, 5.74) is 12.7. The lowest BCUT2D eigenvalue weighted by Crippen LogP contribution is -3.00. The average molecular weight is 1550 g/mol. The zero-order chi connectivity index (χ0) is 63.3. The number of aliphatic hydroxyl groups is 1. The molecule has 27 heteroatoms. The molecule has 6 aromatic heterocycles. The van der Waals surface area contributed by atoms with Gasteiger partial charge in [0.05, 0.1) is 31.0 Å². The molecule has 0 saturated carbocycles. The van der Waals surface area contributed by atoms with E-state index in [0.717, 1.165) is 72.5 Å². The SMILES string of the molecule is C.COC(=O)c1cc(-c2ccc(F)cc2)ccn1.Cl.Cl.Cl.Fc1ccc(-c2ccnc(CCl)c2)cc1.Fc1ccc(-c2ccncc2)cc1.OCc1cc(-c2ccc(F)cc2)ccn1.[C-]#[N+]c1cc(-c2ccc(F)cc2)ccn1.[Cl-].[Cl-].[Cl-].[Cl-].[Cl-].[Cl-].[O-][n+]1ccc(-c2ccc(F)cc2)cc1. The first kappa shape index (κ1) is 96.8. The normalized spacial score (nSPS) is 9.01. The van der Waals surface area contributed by atoms with Gasteiger partial charge in [0.15, 0.2) is 12.4 Å². The molecule has 0 amide bonds. The van der Waals surface area contributed by atoms with Crippen LogP contribution in [0.3, 0.4) is 0 Å². The summed E-state index contributed by atoms with van der Waals surface area (Å²) in [6.45, 7) is 6.75. The van der Waals surface area contributed by atoms with Crippen LogP contribution in [0.25, 0.3) is 71.6 Å². The van der Waals surface area contributed by atoms with Gasteiger partial charge in [-0.05, 0) is 200 Å². The van der Waals surface area contributed by atoms with E-state index in [0.29, 0.717) is 22.1 Å². The Kier molecular flexibility index (Phi) is 50.4. The van der Waals surface area contributed by atoms with E-state index >= 15 is 0 Å². The lowest BCUT2D eigenvalue weighted by Gasteiger charge is -2.03. The van der Waals surface area contributed by atoms with Crippen LogP contribution in [0.4, 0.5) is 32.2 Å². The molecule has 0 bridgehead atoms. The number of nitrogens with zero attached hydrogens (tertiary/aromatic N) is 7. The molecule has 6 aromatic carbocycles. The number of hydrogen-bond donors (Lipinski definition) is 1. The number of methoxy groups -OCH3 is 1. The first-order valence-electron chi connectivity index (χ1n) is 26.8. The number of hydrogen-bond acceptors (Lipinski definition) is 9. The van der Waals surface area contributed by atoms with Crippen molar-refractivity contribution >= 4 is 60.6 Å². The number of aromatic nitrogens is 6. The van der Waals surface area contributed by atoms with Crippen molar-refractivity contribution in [2.24, 2.45) is 0 Å². The average Bonchev–Trinajstić information content (AvgIpc) is 0.885. The summed E-state index contributed by atoms with van der Waals surface area (Å²) in [5, 5.41) is 19.7. The molecule has 0 unspecified atom stereocenters. The van der Waals surface area contributed by atoms with E-state index in [9.17, 15) is 36.3 Å². The molecular weight excluding hydrogens is 1500 g/mol. The Labute approximate surface area is 631 Å². The van der Waals surface area contributed by atoms with Gasteiger partial charge in [-0.2, -0.15) is 4.73 Å². The lowest BCUT2D eigenvalue weighted by atomic mass is 10.1. The van der Waals surface area contributed by atoms with E-state index in [4.69, 9.17) is 23.3 Å². The van der Waals surface area contributed by atoms with Crippen LogP contribution in [0.2, 0.25) is 0 Å². The highest BCUT2D eigenvalue weighted by atomic mass is 35.5. The number of carbonyl (C=O) groups excluding carboxylic acids is 1. The molecule has 11 nitrogen and oxygen atoms in total. The monoisotopic (exact) mass is 1550 g/mol. The summed E-state index contributed by atoms with van der Waals surface area (Å²) in [6.07, 6.45) is 12.7. The Morgan fingerprint density at radius 1 is 0.424 bits per heavy atom. The minimum absolute atomic E-state index is 0. The number of esters is 1. The maximum Gasteiger partial charge on any atom is 0.356 e. The van der Waals surface area contributed by atoms with Crippen LogP contribution in [0.1, 0.15) is 29.3 Å². The number of pyridine rings is 6. The van der Waals surface area contributed by atoms with E-state index in [1.54, 1.807) is 146 Å². The van der Waals surface area contributed by atoms with E-state index in [1.165, 1.54) is 98.5 Å². The molecule has 12 rings (SSSR count). The standard InChI is InChI=1S/C13H10FNO2.C12H9ClFN.C12H7FN2.C12H10FNO.C11H8FNO.C11H8FN.CH4.9ClH/c1-17-13(16)12-8-10(6-7-15-12)9-2-4-11(14)5-3-9;13-8-12-7-10(5-6-15-12)9-1-3-11(14)4-2-9;1-14-12-8-10(6-7-15-12)9-2-4-11(13)5-3-9;13-11-3-1-9(2-4-11)10-5-6-14-12(7-10)8-15;12-11-3-1-9(2-4-11)10-5-7-13(14)8-6-10;12-11-3-1-9(2-4-11)10-5-7-13-8-6-10;;;;;;;;;;/h2-8H,1H3;1-7H,8H2;2-8H;1-7,15H,8H2;1-8H;1-8H;1H4;9*1H/p-6. The Hall–Kier alpha value is -8.58. The topological polar surface area (TPSA) is 142 Å². The number of carbonyl (C=O) groups is 1. The van der Waals surface area contributed by atoms with E-state index < -0.39 is 5.97 Å². The lowest BCUT2D eigenvalue weighted by molar-refractivity contribution is -0.605. The van der Waals surface area contributed by atoms with Gasteiger partial charge in [0.1, 0.15) is 46.8 Å². The fourth-order valence-corrected chi connectivity index (χ4v) is 8.11. The Balaban J connectivity index is -0.000000537. The van der Waals surface area contributed by atoms with E-state index in [2.05, 4.69) is 34.5 Å². The molecule has 0 aliphatic rings. The van der Waals surface area contributed by atoms with Crippen LogP contribution in [0.5, 0.6) is 0 Å². The van der Waals surface area contributed by atoms with Crippen LogP contribution in [-0.4, -0.2) is 43.1 Å². The van der Waals surface area contributed by atoms with Gasteiger partial charge < -0.3 is 94.3 Å². The number of rotatable bonds is 9. The highest BCUT2D eigenvalue weighted by Crippen LogP contribution is 2.25. The Morgan fingerprint density at radius 2 is 0.697 bits per heavy atom. The van der Waals surface area contributed by atoms with Crippen molar-refractivity contribution in [1.82, 2.24) is 24.9 Å². The molecule has 524 valence electrons. The molecule has 0 radical (unpaired) electrons. The van der Waals surface area contributed by atoms with Crippen molar-refractivity contribution < 1.29 is 120 Å². The van der Waals surface area contributed by atoms with E-state index in [1.807, 2.05) is 30.3 Å². The smallest absolute Gasteiger partial charge is 0.356 e. The van der Waals surface area contributed by atoms with Crippen molar-refractivity contribution in [2.75, 3.05) is 7.11 Å². The molecule has 0 aliphatic carbocycles. The molecule has 0 saturated heterocycles. The first-order valence-corrected chi connectivity index (χ1v) is 27.3. The van der Waals surface area contributed by atoms with Gasteiger partial charge in [0, 0.05) is 43.1 Å². The van der Waals surface area contributed by atoms with Crippen molar-refractivity contribution in [3.63, 3.8) is 0 Å². The third kappa shape index (κ3) is 32.3. The largest absolute Gasteiger partial charge is 1.00 e. The highest BCUT2D eigenvalue weighted by molar-refractivity contribution is 6.16. The maximum atomic E-state index is 12.8. The van der Waals surface area contributed by atoms with Gasteiger partial charge in [-0.25, -0.2) is 36.1 Å². The number of alkyl halides is 1. The zero-order valence-electron chi connectivity index (χ0n) is 50.8. The summed E-state index contributed by atoms with van der Waals surface area (Å²) in [4.78, 5) is 34.3. The fourth-order valence-electron chi connectivity index (χ4n) is 7.96. The molecule has 0 fully saturated rings. The number of benzene rings is 6. The minimum Gasteiger partial charge on any atom is -1.00 e.